The van der Waals surface area contributed by atoms with E-state index in [0.717, 1.165) is 6.42 Å². The molecule has 1 aliphatic heterocycles. The molecule has 3 nitrogen and oxygen atoms in total. The highest BCUT2D eigenvalue weighted by Gasteiger charge is 2.32. The number of esters is 1. The van der Waals surface area contributed by atoms with Crippen LogP contribution >= 0.6 is 12.4 Å². The van der Waals surface area contributed by atoms with Gasteiger partial charge >= 0.3 is 5.97 Å². The van der Waals surface area contributed by atoms with Crippen LogP contribution in [0.1, 0.15) is 67.2 Å². The van der Waals surface area contributed by atoms with Gasteiger partial charge < -0.3 is 4.74 Å². The first-order chi connectivity index (χ1) is 8.63. The average Bonchev–Trinajstić information content (AvgIpc) is 2.28. The van der Waals surface area contributed by atoms with E-state index in [9.17, 15) is 4.79 Å². The van der Waals surface area contributed by atoms with Crippen molar-refractivity contribution >= 4 is 18.4 Å². The number of halogens is 1. The molecule has 120 valence electrons. The molecule has 1 unspecified atom stereocenters. The first-order valence-electron chi connectivity index (χ1n) is 7.59. The molecular formula is C16H32ClNO2. The third-order valence-corrected chi connectivity index (χ3v) is 3.92. The minimum Gasteiger partial charge on any atom is -0.462 e. The summed E-state index contributed by atoms with van der Waals surface area (Å²) in [7, 11) is 0. The molecule has 20 heavy (non-hydrogen) atoms. The summed E-state index contributed by atoms with van der Waals surface area (Å²) < 4.78 is 5.58. The van der Waals surface area contributed by atoms with E-state index in [1.807, 2.05) is 27.7 Å². The molecule has 1 rings (SSSR count). The van der Waals surface area contributed by atoms with Crippen molar-refractivity contribution in [1.29, 1.82) is 0 Å². The summed E-state index contributed by atoms with van der Waals surface area (Å²) >= 11 is 0. The fraction of sp³-hybridized carbons (Fsp3) is 0.938. The quantitative estimate of drug-likeness (QED) is 0.734. The molecule has 0 aromatic heterocycles. The topological polar surface area (TPSA) is 29.5 Å². The van der Waals surface area contributed by atoms with E-state index in [-0.39, 0.29) is 30.0 Å². The van der Waals surface area contributed by atoms with E-state index in [1.165, 1.54) is 32.4 Å². The molecular weight excluding hydrogens is 274 g/mol. The molecule has 0 aromatic carbocycles. The van der Waals surface area contributed by atoms with Crippen molar-refractivity contribution < 1.29 is 9.53 Å². The van der Waals surface area contributed by atoms with E-state index >= 15 is 0 Å². The second-order valence-electron chi connectivity index (χ2n) is 7.53. The fourth-order valence-corrected chi connectivity index (χ4v) is 2.73. The number of rotatable bonds is 4. The van der Waals surface area contributed by atoms with E-state index in [1.54, 1.807) is 0 Å². The van der Waals surface area contributed by atoms with Gasteiger partial charge in [-0.1, -0.05) is 6.42 Å². The van der Waals surface area contributed by atoms with Crippen LogP contribution in [-0.2, 0) is 9.53 Å². The lowest BCUT2D eigenvalue weighted by molar-refractivity contribution is -0.159. The highest BCUT2D eigenvalue weighted by atomic mass is 35.5. The molecule has 0 amide bonds. The zero-order chi connectivity index (χ0) is 14.7. The van der Waals surface area contributed by atoms with E-state index in [4.69, 9.17) is 4.74 Å². The van der Waals surface area contributed by atoms with Crippen LogP contribution in [-0.4, -0.2) is 35.6 Å². The van der Waals surface area contributed by atoms with Crippen molar-refractivity contribution in [3.05, 3.63) is 0 Å². The Kier molecular flexibility index (Phi) is 7.54. The number of carbonyl (C=O) groups is 1. The summed E-state index contributed by atoms with van der Waals surface area (Å²) in [6, 6.07) is 0. The number of piperidine rings is 1. The minimum absolute atomic E-state index is 0. The highest BCUT2D eigenvalue weighted by Crippen LogP contribution is 2.27. The maximum atomic E-state index is 11.9. The lowest BCUT2D eigenvalue weighted by Gasteiger charge is -2.42. The van der Waals surface area contributed by atoms with Gasteiger partial charge in [-0.15, -0.1) is 12.4 Å². The van der Waals surface area contributed by atoms with Gasteiger partial charge in [-0.2, -0.15) is 0 Å². The molecule has 1 heterocycles. The molecule has 1 saturated heterocycles. The Balaban J connectivity index is 0.00000361. The molecule has 0 aromatic rings. The number of ether oxygens (including phenoxy) is 1. The number of carbonyl (C=O) groups excluding carboxylic acids is 1. The Hall–Kier alpha value is -0.280. The first-order valence-corrected chi connectivity index (χ1v) is 7.59. The van der Waals surface area contributed by atoms with Gasteiger partial charge in [-0.3, -0.25) is 9.69 Å². The largest absolute Gasteiger partial charge is 0.462 e. The average molecular weight is 306 g/mol. The molecule has 0 bridgehead atoms. The van der Waals surface area contributed by atoms with Crippen molar-refractivity contribution in [1.82, 2.24) is 4.90 Å². The third-order valence-electron chi connectivity index (χ3n) is 3.92. The molecule has 1 fully saturated rings. The van der Waals surface area contributed by atoms with Crippen LogP contribution in [0, 0.1) is 5.41 Å². The Morgan fingerprint density at radius 1 is 1.10 bits per heavy atom. The second kappa shape index (κ2) is 7.65. The SMILES string of the molecule is CC(CC(C)(C)N1CCCCC1)OC(=O)C(C)(C)C.Cl. The molecule has 1 atom stereocenters. The molecule has 0 radical (unpaired) electrons. The van der Waals surface area contributed by atoms with E-state index < -0.39 is 5.41 Å². The molecule has 0 N–H and O–H groups in total. The third kappa shape index (κ3) is 6.01. The normalized spacial score (nSPS) is 19.1. The van der Waals surface area contributed by atoms with Gasteiger partial charge in [-0.05, 0) is 67.5 Å². The maximum absolute atomic E-state index is 11.9. The lowest BCUT2D eigenvalue weighted by atomic mass is 9.92. The maximum Gasteiger partial charge on any atom is 0.311 e. The van der Waals surface area contributed by atoms with Crippen molar-refractivity contribution in [2.24, 2.45) is 5.41 Å². The molecule has 0 aliphatic carbocycles. The number of likely N-dealkylation sites (tertiary alicyclic amines) is 1. The van der Waals surface area contributed by atoms with Crippen LogP contribution in [0.4, 0.5) is 0 Å². The smallest absolute Gasteiger partial charge is 0.311 e. The summed E-state index contributed by atoms with van der Waals surface area (Å²) in [6.45, 7) is 14.6. The highest BCUT2D eigenvalue weighted by molar-refractivity contribution is 5.85. The summed E-state index contributed by atoms with van der Waals surface area (Å²) in [5, 5.41) is 0. The first kappa shape index (κ1) is 19.7. The van der Waals surface area contributed by atoms with Crippen LogP contribution in [0.25, 0.3) is 0 Å². The van der Waals surface area contributed by atoms with Crippen LogP contribution in [0.5, 0.6) is 0 Å². The van der Waals surface area contributed by atoms with Gasteiger partial charge in [-0.25, -0.2) is 0 Å². The van der Waals surface area contributed by atoms with E-state index in [2.05, 4.69) is 18.7 Å². The van der Waals surface area contributed by atoms with Gasteiger partial charge in [0.05, 0.1) is 5.41 Å². The second-order valence-corrected chi connectivity index (χ2v) is 7.53. The molecule has 4 heteroatoms. The number of hydrogen-bond acceptors (Lipinski definition) is 3. The Labute approximate surface area is 130 Å². The predicted molar refractivity (Wildman–Crippen MR) is 86.4 cm³/mol. The zero-order valence-electron chi connectivity index (χ0n) is 14.0. The number of nitrogens with zero attached hydrogens (tertiary/aromatic N) is 1. The van der Waals surface area contributed by atoms with Gasteiger partial charge in [0.15, 0.2) is 0 Å². The number of hydrogen-bond donors (Lipinski definition) is 0. The standard InChI is InChI=1S/C16H31NO2.ClH/c1-13(19-14(18)15(2,3)4)12-16(5,6)17-10-8-7-9-11-17;/h13H,7-12H2,1-6H3;1H. The Morgan fingerprint density at radius 3 is 2.05 bits per heavy atom. The molecule has 0 spiro atoms. The van der Waals surface area contributed by atoms with Crippen LogP contribution in [0.3, 0.4) is 0 Å². The van der Waals surface area contributed by atoms with Crippen LogP contribution in [0.2, 0.25) is 0 Å². The fourth-order valence-electron chi connectivity index (χ4n) is 2.73. The van der Waals surface area contributed by atoms with Crippen LogP contribution < -0.4 is 0 Å². The van der Waals surface area contributed by atoms with Gasteiger partial charge in [0.25, 0.3) is 0 Å². The van der Waals surface area contributed by atoms with Crippen molar-refractivity contribution in [2.45, 2.75) is 78.9 Å². The van der Waals surface area contributed by atoms with Gasteiger partial charge in [0.1, 0.15) is 6.10 Å². The van der Waals surface area contributed by atoms with Crippen molar-refractivity contribution in [3.8, 4) is 0 Å². The van der Waals surface area contributed by atoms with Crippen molar-refractivity contribution in [2.75, 3.05) is 13.1 Å². The molecule has 1 aliphatic rings. The molecule has 0 saturated carbocycles. The zero-order valence-corrected chi connectivity index (χ0v) is 14.8. The minimum atomic E-state index is -0.413. The predicted octanol–water partition coefficient (Wildman–Crippen LogP) is 4.04. The van der Waals surface area contributed by atoms with Crippen LogP contribution in [0.15, 0.2) is 0 Å². The summed E-state index contributed by atoms with van der Waals surface area (Å²) in [6.07, 6.45) is 4.80. The van der Waals surface area contributed by atoms with Gasteiger partial charge in [0, 0.05) is 12.0 Å². The lowest BCUT2D eigenvalue weighted by Crippen LogP contribution is -2.48. The summed E-state index contributed by atoms with van der Waals surface area (Å²) in [4.78, 5) is 14.4. The Morgan fingerprint density at radius 2 is 1.60 bits per heavy atom. The summed E-state index contributed by atoms with van der Waals surface area (Å²) in [5.74, 6) is -0.102. The monoisotopic (exact) mass is 305 g/mol. The van der Waals surface area contributed by atoms with E-state index in [0.29, 0.717) is 0 Å². The summed E-state index contributed by atoms with van der Waals surface area (Å²) in [5.41, 5.74) is -0.304. The Bertz CT molecular complexity index is 304. The van der Waals surface area contributed by atoms with Gasteiger partial charge in [0.2, 0.25) is 0 Å². The van der Waals surface area contributed by atoms with Crippen molar-refractivity contribution in [3.63, 3.8) is 0 Å².